The third-order valence-electron chi connectivity index (χ3n) is 3.95. The van der Waals surface area contributed by atoms with Crippen molar-refractivity contribution < 1.29 is 4.79 Å². The zero-order valence-corrected chi connectivity index (χ0v) is 15.3. The molecule has 0 unspecified atom stereocenters. The van der Waals surface area contributed by atoms with E-state index in [9.17, 15) is 4.79 Å². The molecular weight excluding hydrogens is 346 g/mol. The van der Waals surface area contributed by atoms with Gasteiger partial charge in [0.25, 0.3) is 0 Å². The van der Waals surface area contributed by atoms with Crippen LogP contribution in [0.4, 0.5) is 5.69 Å². The van der Waals surface area contributed by atoms with Gasteiger partial charge in [-0.15, -0.1) is 0 Å². The van der Waals surface area contributed by atoms with E-state index in [1.165, 1.54) is 12.8 Å². The second-order valence-electron chi connectivity index (χ2n) is 6.16. The highest BCUT2D eigenvalue weighted by Crippen LogP contribution is 2.38. The van der Waals surface area contributed by atoms with E-state index >= 15 is 0 Å². The van der Waals surface area contributed by atoms with Gasteiger partial charge < -0.3 is 9.88 Å². The molecule has 6 nitrogen and oxygen atoms in total. The van der Waals surface area contributed by atoms with Crippen molar-refractivity contribution >= 4 is 35.4 Å². The van der Waals surface area contributed by atoms with Crippen molar-refractivity contribution in [1.29, 1.82) is 0 Å². The molecule has 24 heavy (non-hydrogen) atoms. The maximum atomic E-state index is 12.2. The van der Waals surface area contributed by atoms with Crippen LogP contribution in [-0.4, -0.2) is 38.7 Å². The predicted octanol–water partition coefficient (Wildman–Crippen LogP) is 3.01. The Hall–Kier alpha value is -1.70. The van der Waals surface area contributed by atoms with Gasteiger partial charge in [-0.2, -0.15) is 5.10 Å². The van der Waals surface area contributed by atoms with Crippen LogP contribution in [0.25, 0.3) is 0 Å². The first-order valence-electron chi connectivity index (χ1n) is 7.82. The minimum atomic E-state index is -0.129. The zero-order valence-electron chi connectivity index (χ0n) is 13.7. The number of para-hydroxylation sites is 1. The number of carbonyl (C=O) groups is 1. The van der Waals surface area contributed by atoms with Gasteiger partial charge in [-0.05, 0) is 44.2 Å². The summed E-state index contributed by atoms with van der Waals surface area (Å²) in [4.78, 5) is 14.0. The van der Waals surface area contributed by atoms with Crippen LogP contribution >= 0.6 is 23.8 Å². The summed E-state index contributed by atoms with van der Waals surface area (Å²) in [6.07, 6.45) is 2.35. The number of benzene rings is 1. The van der Waals surface area contributed by atoms with Crippen molar-refractivity contribution in [2.45, 2.75) is 25.4 Å². The largest absolute Gasteiger partial charge is 0.324 e. The molecule has 0 spiro atoms. The second kappa shape index (κ2) is 7.04. The van der Waals surface area contributed by atoms with Crippen molar-refractivity contribution in [3.63, 3.8) is 0 Å². The van der Waals surface area contributed by atoms with E-state index in [0.717, 1.165) is 5.82 Å². The molecule has 0 aliphatic heterocycles. The number of amides is 1. The first-order valence-corrected chi connectivity index (χ1v) is 8.61. The number of hydrogen-bond acceptors (Lipinski definition) is 4. The van der Waals surface area contributed by atoms with Crippen molar-refractivity contribution in [1.82, 2.24) is 19.2 Å². The molecule has 2 aromatic rings. The highest BCUT2D eigenvalue weighted by molar-refractivity contribution is 7.71. The Morgan fingerprint density at radius 2 is 2.17 bits per heavy atom. The van der Waals surface area contributed by atoms with Gasteiger partial charge in [0.05, 0.1) is 23.9 Å². The van der Waals surface area contributed by atoms with Crippen LogP contribution in [0.1, 0.15) is 24.6 Å². The minimum Gasteiger partial charge on any atom is -0.324 e. The summed E-state index contributed by atoms with van der Waals surface area (Å²) in [7, 11) is 3.81. The molecule has 3 rings (SSSR count). The molecule has 1 aliphatic rings. The molecule has 1 saturated carbocycles. The van der Waals surface area contributed by atoms with E-state index in [4.69, 9.17) is 23.8 Å². The predicted molar refractivity (Wildman–Crippen MR) is 96.7 cm³/mol. The number of nitrogens with zero attached hydrogens (tertiary/aromatic N) is 4. The Kier molecular flexibility index (Phi) is 5.03. The van der Waals surface area contributed by atoms with Crippen LogP contribution in [0, 0.1) is 4.77 Å². The number of carbonyl (C=O) groups excluding carboxylic acids is 1. The molecule has 1 aromatic carbocycles. The molecule has 1 N–H and O–H groups in total. The van der Waals surface area contributed by atoms with Crippen molar-refractivity contribution in [2.24, 2.45) is 7.05 Å². The number of nitrogens with one attached hydrogen (secondary N) is 1. The Balaban J connectivity index is 1.60. The minimum absolute atomic E-state index is 0.129. The van der Waals surface area contributed by atoms with E-state index in [2.05, 4.69) is 10.4 Å². The number of likely N-dealkylation sites (N-methyl/N-ethyl adjacent to an activating group) is 1. The first kappa shape index (κ1) is 17.1. The van der Waals surface area contributed by atoms with Gasteiger partial charge in [-0.3, -0.25) is 9.69 Å². The quantitative estimate of drug-likeness (QED) is 0.799. The lowest BCUT2D eigenvalue weighted by molar-refractivity contribution is -0.117. The average molecular weight is 366 g/mol. The van der Waals surface area contributed by atoms with E-state index in [1.807, 2.05) is 35.7 Å². The fraction of sp³-hybridized carbons (Fsp3) is 0.438. The van der Waals surface area contributed by atoms with Crippen LogP contribution in [0.2, 0.25) is 5.02 Å². The van der Waals surface area contributed by atoms with Crippen LogP contribution in [-0.2, 0) is 18.5 Å². The van der Waals surface area contributed by atoms with Crippen LogP contribution in [0.5, 0.6) is 0 Å². The third-order valence-corrected chi connectivity index (χ3v) is 4.77. The van der Waals surface area contributed by atoms with Gasteiger partial charge in [0.1, 0.15) is 5.82 Å². The molecule has 1 fully saturated rings. The molecule has 1 heterocycles. The summed E-state index contributed by atoms with van der Waals surface area (Å²) in [6.45, 7) is 0.692. The average Bonchev–Trinajstić information content (AvgIpc) is 3.33. The van der Waals surface area contributed by atoms with Gasteiger partial charge >= 0.3 is 0 Å². The Bertz CT molecular complexity index is 811. The Morgan fingerprint density at radius 1 is 1.46 bits per heavy atom. The first-order chi connectivity index (χ1) is 11.5. The van der Waals surface area contributed by atoms with Gasteiger partial charge in [-0.1, -0.05) is 23.7 Å². The van der Waals surface area contributed by atoms with Crippen LogP contribution in [0.15, 0.2) is 24.3 Å². The van der Waals surface area contributed by atoms with Crippen LogP contribution in [0.3, 0.4) is 0 Å². The summed E-state index contributed by atoms with van der Waals surface area (Å²) in [5.41, 5.74) is 0.614. The summed E-state index contributed by atoms with van der Waals surface area (Å²) >= 11 is 11.5. The highest BCUT2D eigenvalue weighted by atomic mass is 35.5. The molecule has 8 heteroatoms. The number of hydrogen-bond donors (Lipinski definition) is 1. The number of halogens is 1. The second-order valence-corrected chi connectivity index (χ2v) is 6.93. The third kappa shape index (κ3) is 3.85. The Morgan fingerprint density at radius 3 is 2.83 bits per heavy atom. The monoisotopic (exact) mass is 365 g/mol. The summed E-state index contributed by atoms with van der Waals surface area (Å²) < 4.78 is 4.41. The van der Waals surface area contributed by atoms with E-state index < -0.39 is 0 Å². The summed E-state index contributed by atoms with van der Waals surface area (Å²) in [5.74, 6) is 1.44. The van der Waals surface area contributed by atoms with Crippen molar-refractivity contribution in [2.75, 3.05) is 18.9 Å². The fourth-order valence-electron chi connectivity index (χ4n) is 2.57. The molecule has 0 saturated heterocycles. The molecule has 128 valence electrons. The zero-order chi connectivity index (χ0) is 17.3. The lowest BCUT2D eigenvalue weighted by Gasteiger charge is -2.16. The van der Waals surface area contributed by atoms with E-state index in [1.54, 1.807) is 16.8 Å². The normalized spacial score (nSPS) is 14.2. The molecule has 1 aromatic heterocycles. The lowest BCUT2D eigenvalue weighted by atomic mass is 10.3. The van der Waals surface area contributed by atoms with Crippen molar-refractivity contribution in [3.8, 4) is 0 Å². The van der Waals surface area contributed by atoms with Gasteiger partial charge in [0.2, 0.25) is 5.91 Å². The molecule has 1 aliphatic carbocycles. The molecule has 0 atom stereocenters. The lowest BCUT2D eigenvalue weighted by Crippen LogP contribution is -2.32. The SMILES string of the molecule is CN(CC(=O)Nc1ccccc1Cl)Cn1nc(C2CC2)n(C)c1=S. The van der Waals surface area contributed by atoms with Crippen LogP contribution < -0.4 is 5.32 Å². The number of anilines is 1. The molecule has 1 amide bonds. The maximum absolute atomic E-state index is 12.2. The topological polar surface area (TPSA) is 55.1 Å². The highest BCUT2D eigenvalue weighted by Gasteiger charge is 2.29. The summed E-state index contributed by atoms with van der Waals surface area (Å²) in [6, 6.07) is 7.17. The molecular formula is C16H20ClN5OS. The van der Waals surface area contributed by atoms with Crippen molar-refractivity contribution in [3.05, 3.63) is 39.9 Å². The molecule has 0 radical (unpaired) electrons. The molecule has 0 bridgehead atoms. The maximum Gasteiger partial charge on any atom is 0.238 e. The smallest absolute Gasteiger partial charge is 0.238 e. The number of rotatable bonds is 6. The standard InChI is InChI=1S/C16H20ClN5OS/c1-20(9-14(23)18-13-6-4-3-5-12(13)17)10-22-16(24)21(2)15(19-22)11-7-8-11/h3-6,11H,7-10H2,1-2H3,(H,18,23). The van der Waals surface area contributed by atoms with E-state index in [0.29, 0.717) is 28.1 Å². The van der Waals surface area contributed by atoms with Gasteiger partial charge in [-0.25, -0.2) is 4.68 Å². The number of aromatic nitrogens is 3. The summed E-state index contributed by atoms with van der Waals surface area (Å²) in [5, 5.41) is 7.93. The van der Waals surface area contributed by atoms with E-state index in [-0.39, 0.29) is 12.5 Å². The fourth-order valence-corrected chi connectivity index (χ4v) is 2.95. The Labute approximate surface area is 151 Å². The van der Waals surface area contributed by atoms with Gasteiger partial charge in [0, 0.05) is 13.0 Å². The van der Waals surface area contributed by atoms with Gasteiger partial charge in [0.15, 0.2) is 4.77 Å².